The maximum atomic E-state index is 11.8. The van der Waals surface area contributed by atoms with E-state index in [1.54, 1.807) is 0 Å². The van der Waals surface area contributed by atoms with Gasteiger partial charge in [-0.15, -0.1) is 0 Å². The summed E-state index contributed by atoms with van der Waals surface area (Å²) < 4.78 is 4.87. The van der Waals surface area contributed by atoms with Crippen LogP contribution in [0.1, 0.15) is 58.3 Å². The van der Waals surface area contributed by atoms with E-state index in [0.717, 1.165) is 38.5 Å². The molecular weight excluding hydrogens is 252 g/mol. The van der Waals surface area contributed by atoms with Crippen LogP contribution in [0.25, 0.3) is 0 Å². The van der Waals surface area contributed by atoms with Crippen molar-refractivity contribution in [1.82, 2.24) is 0 Å². The van der Waals surface area contributed by atoms with E-state index in [-0.39, 0.29) is 11.9 Å². The Hall–Kier alpha value is -1.38. The SMILES string of the molecule is CCOC(=O)CCCCCCCCC(=O)C1C=CC=C1. The average Bonchev–Trinajstić information content (AvgIpc) is 2.96. The molecule has 0 N–H and O–H groups in total. The number of allylic oxidation sites excluding steroid dienone is 4. The molecule has 0 saturated heterocycles. The van der Waals surface area contributed by atoms with Crippen molar-refractivity contribution in [3.8, 4) is 0 Å². The lowest BCUT2D eigenvalue weighted by molar-refractivity contribution is -0.143. The second-order valence-electron chi connectivity index (χ2n) is 5.19. The van der Waals surface area contributed by atoms with Gasteiger partial charge in [0.05, 0.1) is 12.5 Å². The first-order valence-electron chi connectivity index (χ1n) is 7.77. The third-order valence-corrected chi connectivity index (χ3v) is 3.48. The zero-order valence-corrected chi connectivity index (χ0v) is 12.5. The number of Topliss-reactive ketones (excluding diaryl/α,β-unsaturated/α-hetero) is 1. The van der Waals surface area contributed by atoms with E-state index in [0.29, 0.717) is 25.2 Å². The molecule has 0 aromatic rings. The molecule has 1 aliphatic carbocycles. The average molecular weight is 278 g/mol. The summed E-state index contributed by atoms with van der Waals surface area (Å²) in [6.07, 6.45) is 15.3. The van der Waals surface area contributed by atoms with Gasteiger partial charge in [-0.05, 0) is 19.8 Å². The highest BCUT2D eigenvalue weighted by Gasteiger charge is 2.13. The molecule has 0 radical (unpaired) electrons. The van der Waals surface area contributed by atoms with Crippen LogP contribution in [0, 0.1) is 5.92 Å². The molecule has 112 valence electrons. The smallest absolute Gasteiger partial charge is 0.305 e. The van der Waals surface area contributed by atoms with Crippen LogP contribution in [0.5, 0.6) is 0 Å². The standard InChI is InChI=1S/C17H26O3/c1-2-20-17(19)14-8-6-4-3-5-7-13-16(18)15-11-9-10-12-15/h9-12,15H,2-8,13-14H2,1H3. The zero-order valence-electron chi connectivity index (χ0n) is 12.5. The first-order valence-corrected chi connectivity index (χ1v) is 7.77. The molecule has 0 saturated carbocycles. The van der Waals surface area contributed by atoms with Crippen molar-refractivity contribution in [3.05, 3.63) is 24.3 Å². The quantitative estimate of drug-likeness (QED) is 0.424. The number of hydrogen-bond donors (Lipinski definition) is 0. The lowest BCUT2D eigenvalue weighted by Crippen LogP contribution is -2.07. The van der Waals surface area contributed by atoms with Crippen LogP contribution >= 0.6 is 0 Å². The first kappa shape index (κ1) is 16.7. The minimum atomic E-state index is -0.0873. The number of carbonyl (C=O) groups excluding carboxylic acids is 2. The van der Waals surface area contributed by atoms with Gasteiger partial charge in [-0.1, -0.05) is 50.0 Å². The Balaban J connectivity index is 1.87. The lowest BCUT2D eigenvalue weighted by atomic mass is 10.00. The number of ketones is 1. The van der Waals surface area contributed by atoms with E-state index in [9.17, 15) is 9.59 Å². The summed E-state index contributed by atoms with van der Waals surface area (Å²) in [6, 6.07) is 0. The van der Waals surface area contributed by atoms with Crippen molar-refractivity contribution in [1.29, 1.82) is 0 Å². The minimum Gasteiger partial charge on any atom is -0.466 e. The van der Waals surface area contributed by atoms with E-state index in [4.69, 9.17) is 4.74 Å². The Morgan fingerprint density at radius 2 is 1.45 bits per heavy atom. The second kappa shape index (κ2) is 10.4. The Morgan fingerprint density at radius 3 is 2.05 bits per heavy atom. The van der Waals surface area contributed by atoms with Gasteiger partial charge in [0.2, 0.25) is 0 Å². The summed E-state index contributed by atoms with van der Waals surface area (Å²) in [5.41, 5.74) is 0. The van der Waals surface area contributed by atoms with E-state index < -0.39 is 0 Å². The van der Waals surface area contributed by atoms with Gasteiger partial charge in [0.1, 0.15) is 5.78 Å². The largest absolute Gasteiger partial charge is 0.466 e. The van der Waals surface area contributed by atoms with Crippen LogP contribution in [0.15, 0.2) is 24.3 Å². The number of ether oxygens (including phenoxy) is 1. The predicted octanol–water partition coefficient (Wildman–Crippen LogP) is 3.98. The molecule has 0 aromatic carbocycles. The first-order chi connectivity index (χ1) is 9.74. The minimum absolute atomic E-state index is 0.0274. The van der Waals surface area contributed by atoms with Gasteiger partial charge in [-0.25, -0.2) is 0 Å². The topological polar surface area (TPSA) is 43.4 Å². The number of esters is 1. The highest BCUT2D eigenvalue weighted by molar-refractivity contribution is 5.85. The van der Waals surface area contributed by atoms with Crippen LogP contribution in [-0.2, 0) is 14.3 Å². The van der Waals surface area contributed by atoms with Crippen molar-refractivity contribution >= 4 is 11.8 Å². The number of rotatable bonds is 11. The molecule has 0 bridgehead atoms. The lowest BCUT2D eigenvalue weighted by Gasteiger charge is -2.05. The molecule has 20 heavy (non-hydrogen) atoms. The molecule has 0 unspecified atom stereocenters. The third kappa shape index (κ3) is 7.27. The Morgan fingerprint density at radius 1 is 0.900 bits per heavy atom. The van der Waals surface area contributed by atoms with Gasteiger partial charge >= 0.3 is 5.97 Å². The van der Waals surface area contributed by atoms with Gasteiger partial charge in [0, 0.05) is 12.8 Å². The summed E-state index contributed by atoms with van der Waals surface area (Å²) in [4.78, 5) is 22.9. The fraction of sp³-hybridized carbons (Fsp3) is 0.647. The van der Waals surface area contributed by atoms with Gasteiger partial charge in [0.15, 0.2) is 0 Å². The van der Waals surface area contributed by atoms with Crippen LogP contribution in [0.3, 0.4) is 0 Å². The summed E-state index contributed by atoms with van der Waals surface area (Å²) in [7, 11) is 0. The van der Waals surface area contributed by atoms with E-state index in [1.165, 1.54) is 0 Å². The molecule has 3 heteroatoms. The molecule has 0 fully saturated rings. The van der Waals surface area contributed by atoms with Crippen molar-refractivity contribution in [2.75, 3.05) is 6.61 Å². The monoisotopic (exact) mass is 278 g/mol. The van der Waals surface area contributed by atoms with E-state index in [1.807, 2.05) is 31.2 Å². The Labute approximate surface area is 122 Å². The van der Waals surface area contributed by atoms with Crippen molar-refractivity contribution in [2.24, 2.45) is 5.92 Å². The summed E-state index contributed by atoms with van der Waals surface area (Å²) in [6.45, 7) is 2.30. The summed E-state index contributed by atoms with van der Waals surface area (Å²) in [5.74, 6) is 0.271. The fourth-order valence-electron chi connectivity index (χ4n) is 2.32. The van der Waals surface area contributed by atoms with Crippen LogP contribution in [0.2, 0.25) is 0 Å². The van der Waals surface area contributed by atoms with Crippen molar-refractivity contribution in [3.63, 3.8) is 0 Å². The molecule has 0 aromatic heterocycles. The van der Waals surface area contributed by atoms with Gasteiger partial charge in [-0.2, -0.15) is 0 Å². The zero-order chi connectivity index (χ0) is 14.6. The van der Waals surface area contributed by atoms with Gasteiger partial charge in [-0.3, -0.25) is 9.59 Å². The van der Waals surface area contributed by atoms with E-state index >= 15 is 0 Å². The van der Waals surface area contributed by atoms with Crippen molar-refractivity contribution in [2.45, 2.75) is 58.3 Å². The Kier molecular flexibility index (Phi) is 8.68. The molecule has 0 atom stereocenters. The number of hydrogen-bond acceptors (Lipinski definition) is 3. The normalized spacial score (nSPS) is 13.8. The molecule has 0 heterocycles. The molecule has 0 amide bonds. The maximum Gasteiger partial charge on any atom is 0.305 e. The van der Waals surface area contributed by atoms with Crippen LogP contribution < -0.4 is 0 Å². The van der Waals surface area contributed by atoms with E-state index in [2.05, 4.69) is 0 Å². The molecule has 0 spiro atoms. The van der Waals surface area contributed by atoms with Crippen LogP contribution in [-0.4, -0.2) is 18.4 Å². The Bertz CT molecular complexity index is 343. The third-order valence-electron chi connectivity index (χ3n) is 3.48. The molecule has 1 rings (SSSR count). The molecular formula is C17H26O3. The highest BCUT2D eigenvalue weighted by Crippen LogP contribution is 2.15. The second-order valence-corrected chi connectivity index (χ2v) is 5.19. The fourth-order valence-corrected chi connectivity index (χ4v) is 2.32. The highest BCUT2D eigenvalue weighted by atomic mass is 16.5. The predicted molar refractivity (Wildman–Crippen MR) is 80.3 cm³/mol. The summed E-state index contributed by atoms with van der Waals surface area (Å²) >= 11 is 0. The molecule has 3 nitrogen and oxygen atoms in total. The van der Waals surface area contributed by atoms with Gasteiger partial charge < -0.3 is 4.74 Å². The summed E-state index contributed by atoms with van der Waals surface area (Å²) in [5, 5.41) is 0. The maximum absolute atomic E-state index is 11.8. The molecule has 1 aliphatic rings. The molecule has 0 aliphatic heterocycles. The van der Waals surface area contributed by atoms with Gasteiger partial charge in [0.25, 0.3) is 0 Å². The van der Waals surface area contributed by atoms with Crippen molar-refractivity contribution < 1.29 is 14.3 Å². The number of unbranched alkanes of at least 4 members (excludes halogenated alkanes) is 5. The number of carbonyl (C=O) groups is 2. The van der Waals surface area contributed by atoms with Crippen LogP contribution in [0.4, 0.5) is 0 Å².